The summed E-state index contributed by atoms with van der Waals surface area (Å²) in [7, 11) is 0. The van der Waals surface area contributed by atoms with E-state index in [0.29, 0.717) is 12.7 Å². The lowest BCUT2D eigenvalue weighted by Gasteiger charge is -2.33. The van der Waals surface area contributed by atoms with Crippen molar-refractivity contribution >= 4 is 0 Å². The molecule has 1 aliphatic heterocycles. The van der Waals surface area contributed by atoms with Gasteiger partial charge in [-0.15, -0.1) is 6.58 Å². The van der Waals surface area contributed by atoms with Crippen molar-refractivity contribution in [3.63, 3.8) is 0 Å². The summed E-state index contributed by atoms with van der Waals surface area (Å²) >= 11 is 0. The van der Waals surface area contributed by atoms with Crippen LogP contribution in [0.5, 0.6) is 0 Å². The fraction of sp³-hybridized carbons (Fsp3) is 0.750. The van der Waals surface area contributed by atoms with Gasteiger partial charge < -0.3 is 9.64 Å². The molecule has 0 spiro atoms. The first-order valence-corrected chi connectivity index (χ1v) is 5.46. The summed E-state index contributed by atoms with van der Waals surface area (Å²) in [5, 5.41) is 0. The molecule has 1 atom stereocenters. The van der Waals surface area contributed by atoms with Gasteiger partial charge in [0.15, 0.2) is 0 Å². The summed E-state index contributed by atoms with van der Waals surface area (Å²) in [6.45, 7) is 12.2. The van der Waals surface area contributed by atoms with Crippen LogP contribution in [0.15, 0.2) is 12.7 Å². The molecule has 2 nitrogen and oxygen atoms in total. The third kappa shape index (κ3) is 4.25. The Morgan fingerprint density at radius 3 is 3.00 bits per heavy atom. The lowest BCUT2D eigenvalue weighted by molar-refractivity contribution is 0.0149. The lowest BCUT2D eigenvalue weighted by atomic mass is 10.1. The standard InChI is InChI=1S/C12H22NO/c1-4-8-14-12-6-5-7-13(10-12)9-11(2)3/h4,12H,1,5-10H2,2-3H3. The van der Waals surface area contributed by atoms with Crippen LogP contribution in [0, 0.1) is 5.92 Å². The first-order valence-electron chi connectivity index (χ1n) is 5.46. The van der Waals surface area contributed by atoms with Crippen LogP contribution in [-0.2, 0) is 4.74 Å². The first-order chi connectivity index (χ1) is 6.72. The summed E-state index contributed by atoms with van der Waals surface area (Å²) in [6.07, 6.45) is 4.71. The van der Waals surface area contributed by atoms with E-state index in [2.05, 4.69) is 25.3 Å². The van der Waals surface area contributed by atoms with Crippen LogP contribution >= 0.6 is 0 Å². The minimum Gasteiger partial charge on any atom is -0.373 e. The highest BCUT2D eigenvalue weighted by atomic mass is 16.5. The quantitative estimate of drug-likeness (QED) is 0.625. The van der Waals surface area contributed by atoms with E-state index < -0.39 is 0 Å². The second-order valence-corrected chi connectivity index (χ2v) is 4.33. The normalized spacial score (nSPS) is 24.1. The largest absolute Gasteiger partial charge is 0.373 e. The van der Waals surface area contributed by atoms with E-state index >= 15 is 0 Å². The third-order valence-electron chi connectivity index (χ3n) is 2.45. The molecule has 1 unspecified atom stereocenters. The van der Waals surface area contributed by atoms with Crippen molar-refractivity contribution in [1.82, 2.24) is 4.90 Å². The van der Waals surface area contributed by atoms with Gasteiger partial charge in [-0.25, -0.2) is 0 Å². The number of rotatable bonds is 5. The van der Waals surface area contributed by atoms with E-state index in [1.807, 2.05) is 6.08 Å². The predicted octanol–water partition coefficient (Wildman–Crippen LogP) is 2.27. The molecule has 1 radical (unpaired) electrons. The van der Waals surface area contributed by atoms with Crippen molar-refractivity contribution in [2.75, 3.05) is 26.2 Å². The van der Waals surface area contributed by atoms with Crippen LogP contribution in [0.1, 0.15) is 26.7 Å². The van der Waals surface area contributed by atoms with E-state index in [4.69, 9.17) is 4.74 Å². The van der Waals surface area contributed by atoms with Crippen LogP contribution in [0.4, 0.5) is 0 Å². The Hall–Kier alpha value is -0.340. The molecule has 0 amide bonds. The molecular weight excluding hydrogens is 174 g/mol. The van der Waals surface area contributed by atoms with E-state index in [1.165, 1.54) is 25.3 Å². The molecule has 1 fully saturated rings. The fourth-order valence-corrected chi connectivity index (χ4v) is 1.94. The summed E-state index contributed by atoms with van der Waals surface area (Å²) in [6, 6.07) is 0. The Morgan fingerprint density at radius 1 is 1.57 bits per heavy atom. The molecule has 1 heterocycles. The number of likely N-dealkylation sites (tertiary alicyclic amines) is 1. The zero-order valence-electron chi connectivity index (χ0n) is 9.46. The topological polar surface area (TPSA) is 12.5 Å². The molecule has 2 heteroatoms. The number of piperidine rings is 1. The summed E-state index contributed by atoms with van der Waals surface area (Å²) in [5.41, 5.74) is 0. The van der Waals surface area contributed by atoms with Gasteiger partial charge in [-0.05, 0) is 25.3 Å². The second kappa shape index (κ2) is 6.20. The van der Waals surface area contributed by atoms with E-state index in [-0.39, 0.29) is 0 Å². The molecule has 1 aliphatic rings. The van der Waals surface area contributed by atoms with Gasteiger partial charge in [0.1, 0.15) is 0 Å². The SMILES string of the molecule is C=CCOC1CCCN(C[C](C)C)C1. The Bertz CT molecular complexity index is 168. The molecule has 1 saturated heterocycles. The van der Waals surface area contributed by atoms with Gasteiger partial charge in [-0.1, -0.05) is 19.9 Å². The lowest BCUT2D eigenvalue weighted by Crippen LogP contribution is -2.41. The van der Waals surface area contributed by atoms with Crippen LogP contribution in [0.25, 0.3) is 0 Å². The number of hydrogen-bond acceptors (Lipinski definition) is 2. The maximum Gasteiger partial charge on any atom is 0.0706 e. The number of nitrogens with zero attached hydrogens (tertiary/aromatic N) is 1. The molecule has 0 aromatic heterocycles. The van der Waals surface area contributed by atoms with Crippen LogP contribution < -0.4 is 0 Å². The van der Waals surface area contributed by atoms with E-state index in [1.54, 1.807) is 0 Å². The van der Waals surface area contributed by atoms with Gasteiger partial charge in [0.2, 0.25) is 0 Å². The van der Waals surface area contributed by atoms with E-state index in [9.17, 15) is 0 Å². The number of ether oxygens (including phenoxy) is 1. The smallest absolute Gasteiger partial charge is 0.0706 e. The predicted molar refractivity (Wildman–Crippen MR) is 60.2 cm³/mol. The molecule has 1 rings (SSSR count). The molecule has 81 valence electrons. The highest BCUT2D eigenvalue weighted by molar-refractivity contribution is 4.85. The Kier molecular flexibility index (Phi) is 5.20. The summed E-state index contributed by atoms with van der Waals surface area (Å²) < 4.78 is 5.67. The average molecular weight is 196 g/mol. The van der Waals surface area contributed by atoms with Gasteiger partial charge in [0.05, 0.1) is 12.7 Å². The van der Waals surface area contributed by atoms with Gasteiger partial charge in [0, 0.05) is 13.1 Å². The van der Waals surface area contributed by atoms with Crippen LogP contribution in [-0.4, -0.2) is 37.2 Å². The Labute approximate surface area is 87.9 Å². The minimum atomic E-state index is 0.418. The number of hydrogen-bond donors (Lipinski definition) is 0. The van der Waals surface area contributed by atoms with Crippen molar-refractivity contribution in [2.45, 2.75) is 32.8 Å². The van der Waals surface area contributed by atoms with Crippen molar-refractivity contribution in [2.24, 2.45) is 0 Å². The molecule has 0 aliphatic carbocycles. The van der Waals surface area contributed by atoms with Crippen LogP contribution in [0.2, 0.25) is 0 Å². The maximum absolute atomic E-state index is 5.67. The molecule has 0 bridgehead atoms. The Balaban J connectivity index is 2.24. The van der Waals surface area contributed by atoms with Crippen molar-refractivity contribution < 1.29 is 4.74 Å². The molecule has 0 aromatic carbocycles. The van der Waals surface area contributed by atoms with Gasteiger partial charge in [-0.2, -0.15) is 0 Å². The molecular formula is C12H22NO. The molecule has 0 aromatic rings. The Morgan fingerprint density at radius 2 is 2.36 bits per heavy atom. The highest BCUT2D eigenvalue weighted by Gasteiger charge is 2.20. The maximum atomic E-state index is 5.67. The highest BCUT2D eigenvalue weighted by Crippen LogP contribution is 2.14. The van der Waals surface area contributed by atoms with Gasteiger partial charge in [0.25, 0.3) is 0 Å². The summed E-state index contributed by atoms with van der Waals surface area (Å²) in [4.78, 5) is 2.48. The zero-order chi connectivity index (χ0) is 10.4. The zero-order valence-corrected chi connectivity index (χ0v) is 9.46. The van der Waals surface area contributed by atoms with Gasteiger partial charge >= 0.3 is 0 Å². The first kappa shape index (κ1) is 11.7. The van der Waals surface area contributed by atoms with Crippen molar-refractivity contribution in [1.29, 1.82) is 0 Å². The molecule has 14 heavy (non-hydrogen) atoms. The molecule has 0 saturated carbocycles. The second-order valence-electron chi connectivity index (χ2n) is 4.33. The monoisotopic (exact) mass is 196 g/mol. The van der Waals surface area contributed by atoms with Gasteiger partial charge in [-0.3, -0.25) is 0 Å². The van der Waals surface area contributed by atoms with Crippen molar-refractivity contribution in [3.8, 4) is 0 Å². The van der Waals surface area contributed by atoms with Crippen molar-refractivity contribution in [3.05, 3.63) is 18.6 Å². The third-order valence-corrected chi connectivity index (χ3v) is 2.45. The van der Waals surface area contributed by atoms with E-state index in [0.717, 1.165) is 13.1 Å². The minimum absolute atomic E-state index is 0.418. The van der Waals surface area contributed by atoms with Crippen LogP contribution in [0.3, 0.4) is 0 Å². The molecule has 0 N–H and O–H groups in total. The fourth-order valence-electron chi connectivity index (χ4n) is 1.94. The average Bonchev–Trinajstić information content (AvgIpc) is 2.14. The summed E-state index contributed by atoms with van der Waals surface area (Å²) in [5.74, 6) is 1.48.